The number of benzene rings is 2. The monoisotopic (exact) mass is 547 g/mol. The molecule has 2 fully saturated rings. The van der Waals surface area contributed by atoms with Gasteiger partial charge < -0.3 is 26.1 Å². The average Bonchev–Trinajstić information content (AvgIpc) is 3.36. The topological polar surface area (TPSA) is 148 Å². The van der Waals surface area contributed by atoms with Gasteiger partial charge in [-0.1, -0.05) is 24.3 Å². The molecule has 2 atom stereocenters. The van der Waals surface area contributed by atoms with Gasteiger partial charge in [0.05, 0.1) is 39.5 Å². The minimum absolute atomic E-state index is 0.000710. The van der Waals surface area contributed by atoms with Gasteiger partial charge in [-0.05, 0) is 17.7 Å². The van der Waals surface area contributed by atoms with Crippen LogP contribution in [0.5, 0.6) is 5.75 Å². The van der Waals surface area contributed by atoms with Crippen LogP contribution in [0.15, 0.2) is 42.5 Å². The van der Waals surface area contributed by atoms with Crippen LogP contribution in [-0.4, -0.2) is 66.0 Å². The van der Waals surface area contributed by atoms with Crippen LogP contribution in [-0.2, 0) is 11.3 Å². The van der Waals surface area contributed by atoms with Gasteiger partial charge in [0.2, 0.25) is 0 Å². The van der Waals surface area contributed by atoms with Crippen LogP contribution in [0.25, 0.3) is 11.3 Å². The summed E-state index contributed by atoms with van der Waals surface area (Å²) >= 11 is 0. The number of anilines is 1. The Morgan fingerprint density at radius 2 is 2.00 bits per heavy atom. The highest BCUT2D eigenvalue weighted by molar-refractivity contribution is 6.03. The lowest BCUT2D eigenvalue weighted by Crippen LogP contribution is -3.09. The van der Waals surface area contributed by atoms with E-state index in [2.05, 4.69) is 10.5 Å². The van der Waals surface area contributed by atoms with Crippen molar-refractivity contribution in [3.05, 3.63) is 64.6 Å². The van der Waals surface area contributed by atoms with Gasteiger partial charge >= 0.3 is 0 Å². The molecular formula is C25H28F3N7O4. The Hall–Kier alpha value is -3.69. The molecule has 0 bridgehead atoms. The first kappa shape index (κ1) is 26.9. The Morgan fingerprint density at radius 3 is 2.62 bits per heavy atom. The van der Waals surface area contributed by atoms with E-state index in [-0.39, 0.29) is 47.6 Å². The summed E-state index contributed by atoms with van der Waals surface area (Å²) in [6.45, 7) is 0.413. The van der Waals surface area contributed by atoms with Gasteiger partial charge in [-0.25, -0.2) is 17.9 Å². The van der Waals surface area contributed by atoms with Crippen LogP contribution in [0.1, 0.15) is 22.0 Å². The van der Waals surface area contributed by atoms with Crippen molar-refractivity contribution in [1.29, 1.82) is 0 Å². The van der Waals surface area contributed by atoms with E-state index >= 15 is 8.78 Å². The van der Waals surface area contributed by atoms with E-state index < -0.39 is 35.4 Å². The zero-order valence-corrected chi connectivity index (χ0v) is 21.0. The quantitative estimate of drug-likeness (QED) is 0.290. The molecule has 0 spiro atoms. The van der Waals surface area contributed by atoms with Gasteiger partial charge in [-0.15, -0.1) is 0 Å². The van der Waals surface area contributed by atoms with E-state index in [0.29, 0.717) is 24.3 Å². The number of likely N-dealkylation sites (tertiary alicyclic amines) is 1. The number of methoxy groups -OCH3 is 1. The number of nitrogens with zero attached hydrogens (tertiary/aromatic N) is 3. The molecule has 208 valence electrons. The maximum absolute atomic E-state index is 15.0. The summed E-state index contributed by atoms with van der Waals surface area (Å²) in [5.74, 6) is -4.59. The zero-order chi connectivity index (χ0) is 27.9. The van der Waals surface area contributed by atoms with Gasteiger partial charge in [0.1, 0.15) is 28.9 Å². The second-order valence-corrected chi connectivity index (χ2v) is 9.54. The van der Waals surface area contributed by atoms with E-state index in [4.69, 9.17) is 20.9 Å². The molecular weight excluding hydrogens is 519 g/mol. The van der Waals surface area contributed by atoms with E-state index in [9.17, 15) is 14.4 Å². The van der Waals surface area contributed by atoms with Crippen molar-refractivity contribution < 1.29 is 32.6 Å². The molecule has 6 N–H and O–H groups in total. The summed E-state index contributed by atoms with van der Waals surface area (Å²) in [4.78, 5) is 13.9. The van der Waals surface area contributed by atoms with Crippen molar-refractivity contribution in [1.82, 2.24) is 20.1 Å². The smallest absolute Gasteiger partial charge is 0.283 e. The van der Waals surface area contributed by atoms with Crippen molar-refractivity contribution in [2.45, 2.75) is 24.6 Å². The van der Waals surface area contributed by atoms with Crippen LogP contribution in [0.2, 0.25) is 0 Å². The Labute approximate surface area is 221 Å². The van der Waals surface area contributed by atoms with Gasteiger partial charge in [-0.2, -0.15) is 10.5 Å². The number of nitrogen functional groups attached to an aromatic ring is 1. The number of hydrogen-bond donors (Lipinski definition) is 4. The number of nitrogens with two attached hydrogens (primary N) is 2. The lowest BCUT2D eigenvalue weighted by Gasteiger charge is -2.34. The third-order valence-electron chi connectivity index (χ3n) is 7.02. The lowest BCUT2D eigenvalue weighted by molar-refractivity contribution is -0.830. The molecule has 1 amide bonds. The molecule has 2 aliphatic heterocycles. The molecule has 1 aromatic heterocycles. The number of halogens is 3. The van der Waals surface area contributed by atoms with Crippen molar-refractivity contribution >= 4 is 17.4 Å². The molecule has 39 heavy (non-hydrogen) atoms. The molecule has 2 saturated heterocycles. The third kappa shape index (κ3) is 5.16. The standard InChI is InChI=1S/C25H28F3N7O4/c1-38-19-7-6-16(26)8-18(19)35(37)31-9-14-2-4-15(5-3-14)22-21(24(30)36)23(29)34(32-22)20-10-33(13-25(20,27)28)17-11-39-12-17/h2-8,17,20,31,35H,9-13,29H2,1H3,(H2,30,36). The van der Waals surface area contributed by atoms with E-state index in [1.165, 1.54) is 19.2 Å². The molecule has 2 aromatic carbocycles. The number of amides is 1. The van der Waals surface area contributed by atoms with Crippen molar-refractivity contribution in [3.8, 4) is 17.0 Å². The fraction of sp³-hybridized carbons (Fsp3) is 0.360. The summed E-state index contributed by atoms with van der Waals surface area (Å²) in [5, 5.41) is 16.3. The van der Waals surface area contributed by atoms with E-state index in [1.54, 1.807) is 29.2 Å². The summed E-state index contributed by atoms with van der Waals surface area (Å²) in [5.41, 5.74) is 15.5. The van der Waals surface area contributed by atoms with Crippen LogP contribution in [0, 0.1) is 11.0 Å². The second-order valence-electron chi connectivity index (χ2n) is 9.54. The Kier molecular flexibility index (Phi) is 7.22. The highest BCUT2D eigenvalue weighted by Crippen LogP contribution is 2.41. The maximum atomic E-state index is 15.0. The predicted molar refractivity (Wildman–Crippen MR) is 135 cm³/mol. The highest BCUT2D eigenvalue weighted by Gasteiger charge is 2.53. The molecule has 2 aliphatic rings. The minimum atomic E-state index is -3.13. The second kappa shape index (κ2) is 10.5. The number of rotatable bonds is 9. The molecule has 11 nitrogen and oxygen atoms in total. The molecule has 0 radical (unpaired) electrons. The predicted octanol–water partition coefficient (Wildman–Crippen LogP) is 0.989. The van der Waals surface area contributed by atoms with Crippen molar-refractivity contribution in [2.75, 3.05) is 39.1 Å². The van der Waals surface area contributed by atoms with Crippen molar-refractivity contribution in [2.24, 2.45) is 5.73 Å². The summed E-state index contributed by atoms with van der Waals surface area (Å²) in [6.07, 6.45) is 0. The first-order chi connectivity index (χ1) is 18.6. The number of alkyl halides is 2. The fourth-order valence-electron chi connectivity index (χ4n) is 4.81. The largest absolute Gasteiger partial charge is 0.608 e. The molecule has 3 aromatic rings. The summed E-state index contributed by atoms with van der Waals surface area (Å²) < 4.78 is 54.9. The number of quaternary nitrogens is 1. The third-order valence-corrected chi connectivity index (χ3v) is 7.02. The van der Waals surface area contributed by atoms with Gasteiger partial charge in [0.25, 0.3) is 11.8 Å². The molecule has 0 saturated carbocycles. The zero-order valence-electron chi connectivity index (χ0n) is 21.0. The van der Waals surface area contributed by atoms with Gasteiger partial charge in [-0.3, -0.25) is 14.9 Å². The van der Waals surface area contributed by atoms with Crippen molar-refractivity contribution in [3.63, 3.8) is 0 Å². The molecule has 5 rings (SSSR count). The number of aromatic nitrogens is 2. The number of nitrogens with one attached hydrogen (secondary N) is 2. The molecule has 2 unspecified atom stereocenters. The Balaban J connectivity index is 1.35. The first-order valence-corrected chi connectivity index (χ1v) is 12.2. The van der Waals surface area contributed by atoms with Crippen LogP contribution < -0.4 is 26.8 Å². The Bertz CT molecular complexity index is 1360. The molecule has 3 heterocycles. The highest BCUT2D eigenvalue weighted by atomic mass is 19.3. The lowest BCUT2D eigenvalue weighted by atomic mass is 10.1. The average molecular weight is 548 g/mol. The minimum Gasteiger partial charge on any atom is -0.608 e. The Morgan fingerprint density at radius 1 is 1.28 bits per heavy atom. The van der Waals surface area contributed by atoms with Gasteiger partial charge in [0, 0.05) is 18.2 Å². The first-order valence-electron chi connectivity index (χ1n) is 12.2. The molecule has 14 heteroatoms. The van der Waals surface area contributed by atoms with Crippen LogP contribution >= 0.6 is 0 Å². The summed E-state index contributed by atoms with van der Waals surface area (Å²) in [7, 11) is 1.38. The summed E-state index contributed by atoms with van der Waals surface area (Å²) in [6, 6.07) is 8.73. The number of ether oxygens (including phenoxy) is 2. The number of hydrogen-bond acceptors (Lipinski definition) is 8. The van der Waals surface area contributed by atoms with Crippen LogP contribution in [0.4, 0.5) is 24.7 Å². The maximum Gasteiger partial charge on any atom is 0.283 e. The van der Waals surface area contributed by atoms with Gasteiger partial charge in [0.15, 0.2) is 11.4 Å². The van der Waals surface area contributed by atoms with E-state index in [1.807, 2.05) is 0 Å². The molecule has 0 aliphatic carbocycles. The SMILES string of the molecule is COc1ccc(F)cc1[NH+]([O-])NCc1ccc(-c2nn(C3CN(C4COC4)CC3(F)F)c(N)c2C(N)=O)cc1. The van der Waals surface area contributed by atoms with Crippen LogP contribution in [0.3, 0.4) is 0 Å². The number of carbonyl (C=O) groups excluding carboxylic acids is 1. The number of primary amides is 1. The van der Waals surface area contributed by atoms with E-state index in [0.717, 1.165) is 10.7 Å². The fourth-order valence-corrected chi connectivity index (χ4v) is 4.81. The number of carbonyl (C=O) groups is 1. The normalized spacial score (nSPS) is 20.1.